The molecule has 5 N–H and O–H groups in total. The van der Waals surface area contributed by atoms with Crippen LogP contribution >= 0.6 is 16.1 Å². The summed E-state index contributed by atoms with van der Waals surface area (Å²) in [6, 6.07) is 0. The minimum absolute atomic E-state index is 3.13. The van der Waals surface area contributed by atoms with Gasteiger partial charge in [0, 0.05) is 0 Å². The van der Waals surface area contributed by atoms with E-state index in [0.29, 0.717) is 0 Å². The lowest BCUT2D eigenvalue weighted by Crippen LogP contribution is -1.66. The maximum atomic E-state index is 8.88. The predicted molar refractivity (Wildman–Crippen MR) is 27.7 cm³/mol. The van der Waals surface area contributed by atoms with Gasteiger partial charge in [0.2, 0.25) is 0 Å². The van der Waals surface area contributed by atoms with Crippen LogP contribution in [0.5, 0.6) is 0 Å². The van der Waals surface area contributed by atoms with Crippen molar-refractivity contribution >= 4 is 16.1 Å². The molecule has 0 atom stereocenters. The number of hydrogen-bond acceptors (Lipinski definition) is 2. The van der Waals surface area contributed by atoms with Crippen molar-refractivity contribution in [2.45, 2.75) is 0 Å². The highest BCUT2D eigenvalue weighted by Crippen LogP contribution is 2.25. The minimum Gasteiger partial charge on any atom is -0.326 e. The van der Waals surface area contributed by atoms with Crippen molar-refractivity contribution in [1.29, 1.82) is 0 Å². The van der Waals surface area contributed by atoms with Crippen molar-refractivity contribution in [3.8, 4) is 0 Å². The fourth-order valence-corrected chi connectivity index (χ4v) is 0. The summed E-state index contributed by atoms with van der Waals surface area (Å²) in [6.45, 7) is 0. The molecule has 7 nitrogen and oxygen atoms in total. The Morgan fingerprint density at radius 2 is 1.11 bits per heavy atom. The summed E-state index contributed by atoms with van der Waals surface area (Å²) in [4.78, 5) is 35.9. The summed E-state index contributed by atoms with van der Waals surface area (Å²) in [5.74, 6) is 0. The lowest BCUT2D eigenvalue weighted by atomic mass is 15.8. The van der Waals surface area contributed by atoms with Gasteiger partial charge in [-0.25, -0.2) is 4.57 Å². The van der Waals surface area contributed by atoms with Crippen molar-refractivity contribution in [2.75, 3.05) is 0 Å². The summed E-state index contributed by atoms with van der Waals surface area (Å²) in [5.41, 5.74) is 0. The third-order valence-corrected chi connectivity index (χ3v) is 0. The summed E-state index contributed by atoms with van der Waals surface area (Å²) < 4.78 is 17.6. The fraction of sp³-hybridized carbons (Fsp3) is 0. The molecule has 58 valence electrons. The Balaban J connectivity index is 0. The quantitative estimate of drug-likeness (QED) is 0.284. The molecular formula is H6O7P2. The Kier molecular flexibility index (Phi) is 6.76. The third kappa shape index (κ3) is 4790. The molecule has 0 bridgehead atoms. The Hall–Kier alpha value is 0.260. The summed E-state index contributed by atoms with van der Waals surface area (Å²) in [6.07, 6.45) is 0. The first-order valence-electron chi connectivity index (χ1n) is 1.43. The first-order chi connectivity index (χ1) is 3.73. The van der Waals surface area contributed by atoms with Crippen LogP contribution in [0.25, 0.3) is 0 Å². The second-order valence-corrected chi connectivity index (χ2v) is 2.39. The van der Waals surface area contributed by atoms with Gasteiger partial charge in [-0.05, 0) is 0 Å². The minimum atomic E-state index is -4.64. The molecule has 0 rings (SSSR count). The van der Waals surface area contributed by atoms with Crippen LogP contribution in [0, 0.1) is 0 Å². The fourth-order valence-electron chi connectivity index (χ4n) is 0. The SMILES string of the molecule is O=P(O)(O)O.O=[PH](O)O. The van der Waals surface area contributed by atoms with Crippen LogP contribution < -0.4 is 0 Å². The van der Waals surface area contributed by atoms with Crippen molar-refractivity contribution in [2.24, 2.45) is 0 Å². The zero-order valence-electron chi connectivity index (χ0n) is 4.00. The monoisotopic (exact) mass is 180 g/mol. The Bertz CT molecular complexity index is 107. The molecule has 0 amide bonds. The van der Waals surface area contributed by atoms with Gasteiger partial charge in [0.25, 0.3) is 0 Å². The summed E-state index contributed by atoms with van der Waals surface area (Å²) in [7, 11) is -7.77. The van der Waals surface area contributed by atoms with E-state index in [4.69, 9.17) is 33.6 Å². The first kappa shape index (κ1) is 12.0. The van der Waals surface area contributed by atoms with Gasteiger partial charge in [-0.2, -0.15) is 0 Å². The van der Waals surface area contributed by atoms with Gasteiger partial charge >= 0.3 is 16.1 Å². The highest BCUT2D eigenvalue weighted by atomic mass is 31.2. The van der Waals surface area contributed by atoms with E-state index in [1.54, 1.807) is 0 Å². The molecule has 0 spiro atoms. The first-order valence-corrected chi connectivity index (χ1v) is 4.30. The van der Waals surface area contributed by atoms with Crippen LogP contribution in [0.3, 0.4) is 0 Å². The summed E-state index contributed by atoms with van der Waals surface area (Å²) in [5, 5.41) is 0. The van der Waals surface area contributed by atoms with E-state index in [0.717, 1.165) is 0 Å². The van der Waals surface area contributed by atoms with Crippen molar-refractivity contribution in [1.82, 2.24) is 0 Å². The van der Waals surface area contributed by atoms with Crippen molar-refractivity contribution in [3.05, 3.63) is 0 Å². The van der Waals surface area contributed by atoms with Crippen LogP contribution in [0.15, 0.2) is 0 Å². The van der Waals surface area contributed by atoms with Gasteiger partial charge in [0.1, 0.15) is 0 Å². The molecule has 0 aromatic carbocycles. The molecule has 9 heteroatoms. The molecule has 0 saturated carbocycles. The van der Waals surface area contributed by atoms with Gasteiger partial charge < -0.3 is 24.5 Å². The molecule has 0 heterocycles. The molecule has 0 unspecified atom stereocenters. The third-order valence-electron chi connectivity index (χ3n) is 0. The zero-order valence-corrected chi connectivity index (χ0v) is 5.89. The maximum absolute atomic E-state index is 8.88. The normalized spacial score (nSPS) is 10.4. The van der Waals surface area contributed by atoms with Crippen LogP contribution in [0.4, 0.5) is 0 Å². The molecule has 0 aromatic rings. The average Bonchev–Trinajstić information content (AvgIpc) is 1.19. The second-order valence-electron chi connectivity index (χ2n) is 0.796. The van der Waals surface area contributed by atoms with Gasteiger partial charge in [-0.3, -0.25) is 4.57 Å². The molecule has 0 saturated heterocycles. The standard InChI is InChI=1S/H3O4P.H3O3P/c1-5(2,3)4;1-4(2)3/h(H3,1,2,3,4);4H,(H2,1,2,3). The largest absolute Gasteiger partial charge is 0.466 e. The topological polar surface area (TPSA) is 135 Å². The molecule has 0 aromatic heterocycles. The van der Waals surface area contributed by atoms with E-state index in [9.17, 15) is 0 Å². The van der Waals surface area contributed by atoms with E-state index in [1.807, 2.05) is 0 Å². The van der Waals surface area contributed by atoms with Gasteiger partial charge in [0.05, 0.1) is 0 Å². The van der Waals surface area contributed by atoms with Crippen molar-refractivity contribution in [3.63, 3.8) is 0 Å². The van der Waals surface area contributed by atoms with Gasteiger partial charge in [-0.1, -0.05) is 0 Å². The zero-order chi connectivity index (χ0) is 8.08. The maximum Gasteiger partial charge on any atom is 0.466 e. The smallest absolute Gasteiger partial charge is 0.326 e. The highest BCUT2D eigenvalue weighted by molar-refractivity contribution is 7.45. The lowest BCUT2D eigenvalue weighted by molar-refractivity contribution is 0.275. The Morgan fingerprint density at radius 1 is 1.11 bits per heavy atom. The van der Waals surface area contributed by atoms with E-state index in [1.165, 1.54) is 0 Å². The molecule has 0 fully saturated rings. The molecule has 0 radical (unpaired) electrons. The number of phosphoric acid groups is 1. The van der Waals surface area contributed by atoms with Gasteiger partial charge in [-0.15, -0.1) is 0 Å². The molecule has 0 aliphatic heterocycles. The summed E-state index contributed by atoms with van der Waals surface area (Å²) >= 11 is 0. The van der Waals surface area contributed by atoms with Crippen LogP contribution in [0.1, 0.15) is 0 Å². The number of hydrogen-bond donors (Lipinski definition) is 5. The Labute approximate surface area is 50.8 Å². The van der Waals surface area contributed by atoms with Crippen molar-refractivity contribution < 1.29 is 33.6 Å². The second kappa shape index (κ2) is 5.08. The average molecular weight is 180 g/mol. The predicted octanol–water partition coefficient (Wildman–Crippen LogP) is -1.57. The van der Waals surface area contributed by atoms with E-state index >= 15 is 0 Å². The lowest BCUT2D eigenvalue weighted by Gasteiger charge is -1.82. The molecule has 9 heavy (non-hydrogen) atoms. The Morgan fingerprint density at radius 3 is 1.11 bits per heavy atom. The van der Waals surface area contributed by atoms with Gasteiger partial charge in [0.15, 0.2) is 0 Å². The van der Waals surface area contributed by atoms with Crippen LogP contribution in [-0.4, -0.2) is 24.5 Å². The van der Waals surface area contributed by atoms with E-state index in [2.05, 4.69) is 0 Å². The highest BCUT2D eigenvalue weighted by Gasteiger charge is 2.00. The molecular weight excluding hydrogens is 174 g/mol. The van der Waals surface area contributed by atoms with E-state index < -0.39 is 16.1 Å². The van der Waals surface area contributed by atoms with Crippen LogP contribution in [0.2, 0.25) is 0 Å². The molecule has 0 aliphatic rings. The van der Waals surface area contributed by atoms with Crippen LogP contribution in [-0.2, 0) is 9.13 Å². The van der Waals surface area contributed by atoms with E-state index in [-0.39, 0.29) is 0 Å². The number of rotatable bonds is 0. The molecule has 0 aliphatic carbocycles.